The fraction of sp³-hybridized carbons (Fsp3) is 0.538. The number of aromatic nitrogens is 1. The van der Waals surface area contributed by atoms with Crippen molar-refractivity contribution < 1.29 is 0 Å². The van der Waals surface area contributed by atoms with Gasteiger partial charge in [0.1, 0.15) is 11.0 Å². The van der Waals surface area contributed by atoms with Crippen molar-refractivity contribution in [3.05, 3.63) is 22.8 Å². The number of hydrogen-bond donors (Lipinski definition) is 1. The maximum atomic E-state index is 8.87. The van der Waals surface area contributed by atoms with Gasteiger partial charge in [-0.2, -0.15) is 5.26 Å². The molecular formula is C13H19ClN4. The lowest BCUT2D eigenvalue weighted by Crippen LogP contribution is -2.34. The number of hydrogen-bond acceptors (Lipinski definition) is 4. The zero-order chi connectivity index (χ0) is 13.5. The Balaban J connectivity index is 2.67. The summed E-state index contributed by atoms with van der Waals surface area (Å²) in [4.78, 5) is 6.49. The molecule has 1 aromatic heterocycles. The fourth-order valence-electron chi connectivity index (χ4n) is 1.80. The molecule has 1 aromatic rings. The molecule has 5 heteroatoms. The third-order valence-electron chi connectivity index (χ3n) is 2.74. The molecule has 1 heterocycles. The Hall–Kier alpha value is -1.31. The van der Waals surface area contributed by atoms with Gasteiger partial charge in [-0.1, -0.05) is 25.4 Å². The van der Waals surface area contributed by atoms with Crippen LogP contribution in [0.15, 0.2) is 12.1 Å². The van der Waals surface area contributed by atoms with Gasteiger partial charge in [-0.15, -0.1) is 0 Å². The number of rotatable bonds is 6. The number of nitrogens with one attached hydrogen (secondary N) is 1. The van der Waals surface area contributed by atoms with Gasteiger partial charge in [0.25, 0.3) is 0 Å². The summed E-state index contributed by atoms with van der Waals surface area (Å²) in [5.41, 5.74) is 0.521. The SMILES string of the molecule is CCN(CC)CC(C)Nc1cc(C#N)cc(Cl)n1. The zero-order valence-corrected chi connectivity index (χ0v) is 11.8. The minimum atomic E-state index is 0.252. The highest BCUT2D eigenvalue weighted by Crippen LogP contribution is 2.14. The van der Waals surface area contributed by atoms with Crippen LogP contribution in [-0.4, -0.2) is 35.6 Å². The van der Waals surface area contributed by atoms with E-state index in [1.807, 2.05) is 0 Å². The summed E-state index contributed by atoms with van der Waals surface area (Å²) >= 11 is 5.86. The molecule has 4 nitrogen and oxygen atoms in total. The number of halogens is 1. The highest BCUT2D eigenvalue weighted by molar-refractivity contribution is 6.29. The first-order chi connectivity index (χ1) is 8.58. The Kier molecular flexibility index (Phi) is 5.90. The summed E-state index contributed by atoms with van der Waals surface area (Å²) in [6.45, 7) is 9.35. The Bertz CT molecular complexity index is 423. The lowest BCUT2D eigenvalue weighted by Gasteiger charge is -2.23. The van der Waals surface area contributed by atoms with E-state index in [0.29, 0.717) is 16.5 Å². The summed E-state index contributed by atoms with van der Waals surface area (Å²) in [6.07, 6.45) is 0. The zero-order valence-electron chi connectivity index (χ0n) is 11.1. The number of nitrogens with zero attached hydrogens (tertiary/aromatic N) is 3. The van der Waals surface area contributed by atoms with E-state index in [1.165, 1.54) is 0 Å². The predicted octanol–water partition coefficient (Wildman–Crippen LogP) is 2.75. The van der Waals surface area contributed by atoms with E-state index >= 15 is 0 Å². The molecule has 1 atom stereocenters. The number of likely N-dealkylation sites (N-methyl/N-ethyl adjacent to an activating group) is 1. The van der Waals surface area contributed by atoms with Crippen LogP contribution in [0.4, 0.5) is 5.82 Å². The average Bonchev–Trinajstić information content (AvgIpc) is 2.35. The maximum absolute atomic E-state index is 8.87. The first-order valence-electron chi connectivity index (χ1n) is 6.15. The van der Waals surface area contributed by atoms with Crippen molar-refractivity contribution >= 4 is 17.4 Å². The standard InChI is InChI=1S/C13H19ClN4/c1-4-18(5-2)9-10(3)16-13-7-11(8-15)6-12(14)17-13/h6-7,10H,4-5,9H2,1-3H3,(H,16,17). The predicted molar refractivity (Wildman–Crippen MR) is 74.8 cm³/mol. The molecule has 0 spiro atoms. The Morgan fingerprint density at radius 1 is 1.44 bits per heavy atom. The van der Waals surface area contributed by atoms with E-state index in [-0.39, 0.29) is 6.04 Å². The van der Waals surface area contributed by atoms with Crippen LogP contribution < -0.4 is 5.32 Å². The molecular weight excluding hydrogens is 248 g/mol. The van der Waals surface area contributed by atoms with Crippen molar-refractivity contribution in [1.82, 2.24) is 9.88 Å². The maximum Gasteiger partial charge on any atom is 0.132 e. The summed E-state index contributed by atoms with van der Waals surface area (Å²) in [6, 6.07) is 5.59. The van der Waals surface area contributed by atoms with E-state index in [0.717, 1.165) is 19.6 Å². The van der Waals surface area contributed by atoms with Crippen molar-refractivity contribution in [3.8, 4) is 6.07 Å². The van der Waals surface area contributed by atoms with E-state index in [1.54, 1.807) is 12.1 Å². The quantitative estimate of drug-likeness (QED) is 0.805. The minimum absolute atomic E-state index is 0.252. The molecule has 0 saturated carbocycles. The van der Waals surface area contributed by atoms with Crippen molar-refractivity contribution in [3.63, 3.8) is 0 Å². The largest absolute Gasteiger partial charge is 0.366 e. The van der Waals surface area contributed by atoms with Crippen LogP contribution in [0.25, 0.3) is 0 Å². The molecule has 1 N–H and O–H groups in total. The third kappa shape index (κ3) is 4.52. The molecule has 0 bridgehead atoms. The van der Waals surface area contributed by atoms with Crippen LogP contribution in [0, 0.1) is 11.3 Å². The van der Waals surface area contributed by atoms with Crippen LogP contribution in [0.2, 0.25) is 5.15 Å². The first-order valence-corrected chi connectivity index (χ1v) is 6.53. The van der Waals surface area contributed by atoms with Crippen molar-refractivity contribution in [2.24, 2.45) is 0 Å². The van der Waals surface area contributed by atoms with Crippen molar-refractivity contribution in [1.29, 1.82) is 5.26 Å². The molecule has 0 amide bonds. The van der Waals surface area contributed by atoms with Crippen LogP contribution in [-0.2, 0) is 0 Å². The smallest absolute Gasteiger partial charge is 0.132 e. The molecule has 0 aliphatic rings. The highest BCUT2D eigenvalue weighted by Gasteiger charge is 2.08. The van der Waals surface area contributed by atoms with E-state index in [9.17, 15) is 0 Å². The molecule has 1 rings (SSSR count). The summed E-state index contributed by atoms with van der Waals surface area (Å²) in [7, 11) is 0. The molecule has 0 aliphatic heterocycles. The second kappa shape index (κ2) is 7.20. The highest BCUT2D eigenvalue weighted by atomic mass is 35.5. The van der Waals surface area contributed by atoms with E-state index in [4.69, 9.17) is 16.9 Å². The molecule has 0 saturated heterocycles. The Morgan fingerprint density at radius 3 is 2.67 bits per heavy atom. The number of nitriles is 1. The minimum Gasteiger partial charge on any atom is -0.366 e. The Morgan fingerprint density at radius 2 is 2.11 bits per heavy atom. The summed E-state index contributed by atoms with van der Waals surface area (Å²) < 4.78 is 0. The molecule has 1 unspecified atom stereocenters. The fourth-order valence-corrected chi connectivity index (χ4v) is 2.01. The van der Waals surface area contributed by atoms with Gasteiger partial charge in [-0.25, -0.2) is 4.98 Å². The topological polar surface area (TPSA) is 52.0 Å². The van der Waals surface area contributed by atoms with Gasteiger partial charge in [-0.3, -0.25) is 0 Å². The molecule has 0 radical (unpaired) electrons. The van der Waals surface area contributed by atoms with E-state index < -0.39 is 0 Å². The average molecular weight is 267 g/mol. The third-order valence-corrected chi connectivity index (χ3v) is 2.94. The lowest BCUT2D eigenvalue weighted by molar-refractivity contribution is 0.294. The first kappa shape index (κ1) is 14.7. The summed E-state index contributed by atoms with van der Waals surface area (Å²) in [5, 5.41) is 12.5. The van der Waals surface area contributed by atoms with Gasteiger partial charge in [0.2, 0.25) is 0 Å². The van der Waals surface area contributed by atoms with Crippen LogP contribution in [0.3, 0.4) is 0 Å². The van der Waals surface area contributed by atoms with Crippen molar-refractivity contribution in [2.45, 2.75) is 26.8 Å². The normalized spacial score (nSPS) is 12.2. The summed E-state index contributed by atoms with van der Waals surface area (Å²) in [5.74, 6) is 0.652. The van der Waals surface area contributed by atoms with Gasteiger partial charge in [0.15, 0.2) is 0 Å². The van der Waals surface area contributed by atoms with Crippen LogP contribution >= 0.6 is 11.6 Å². The van der Waals surface area contributed by atoms with Gasteiger partial charge in [0, 0.05) is 12.6 Å². The van der Waals surface area contributed by atoms with Crippen LogP contribution in [0.1, 0.15) is 26.3 Å². The second-order valence-electron chi connectivity index (χ2n) is 4.21. The Labute approximate surface area is 114 Å². The lowest BCUT2D eigenvalue weighted by atomic mass is 10.2. The molecule has 0 fully saturated rings. The molecule has 0 aromatic carbocycles. The monoisotopic (exact) mass is 266 g/mol. The number of pyridine rings is 1. The van der Waals surface area contributed by atoms with Crippen molar-refractivity contribution in [2.75, 3.05) is 25.0 Å². The van der Waals surface area contributed by atoms with Gasteiger partial charge in [0.05, 0.1) is 11.6 Å². The van der Waals surface area contributed by atoms with Gasteiger partial charge < -0.3 is 10.2 Å². The van der Waals surface area contributed by atoms with Crippen LogP contribution in [0.5, 0.6) is 0 Å². The molecule has 98 valence electrons. The van der Waals surface area contributed by atoms with Gasteiger partial charge >= 0.3 is 0 Å². The molecule has 0 aliphatic carbocycles. The number of anilines is 1. The van der Waals surface area contributed by atoms with Gasteiger partial charge in [-0.05, 0) is 32.1 Å². The molecule has 18 heavy (non-hydrogen) atoms. The van der Waals surface area contributed by atoms with E-state index in [2.05, 4.69) is 42.0 Å². The second-order valence-corrected chi connectivity index (χ2v) is 4.59.